The Morgan fingerprint density at radius 2 is 0.950 bits per heavy atom. The van der Waals surface area contributed by atoms with E-state index in [2.05, 4.69) is 0 Å². The van der Waals surface area contributed by atoms with Crippen molar-refractivity contribution in [2.75, 3.05) is 14.2 Å². The van der Waals surface area contributed by atoms with Crippen LogP contribution in [0.4, 0.5) is 0 Å². The first kappa shape index (κ1) is 27.0. The molecule has 0 unspecified atom stereocenters. The highest BCUT2D eigenvalue weighted by atomic mass is 16.5. The first-order valence-electron chi connectivity index (χ1n) is 13.2. The van der Waals surface area contributed by atoms with E-state index >= 15 is 0 Å². The Morgan fingerprint density at radius 3 is 1.30 bits per heavy atom. The molecule has 0 saturated heterocycles. The molecule has 0 saturated carbocycles. The smallest absolute Gasteiger partial charge is 0.170 e. The monoisotopic (exact) mass is 536 g/mol. The van der Waals surface area contributed by atoms with E-state index in [1.54, 1.807) is 14.2 Å². The number of fused-ring (bicyclic) bond motifs is 2. The van der Waals surface area contributed by atoms with Crippen LogP contribution in [0, 0.1) is 13.8 Å². The van der Waals surface area contributed by atoms with Crippen LogP contribution in [-0.2, 0) is 0 Å². The van der Waals surface area contributed by atoms with E-state index in [4.69, 9.17) is 18.9 Å². The van der Waals surface area contributed by atoms with Gasteiger partial charge in [0, 0.05) is 0 Å². The molecule has 0 N–H and O–H groups in total. The molecule has 0 aliphatic carbocycles. The van der Waals surface area contributed by atoms with Gasteiger partial charge >= 0.3 is 0 Å². The van der Waals surface area contributed by atoms with Gasteiger partial charge in [-0.2, -0.15) is 0 Å². The molecule has 0 fully saturated rings. The molecule has 4 aromatic carbocycles. The third-order valence-electron chi connectivity index (χ3n) is 7.13. The summed E-state index contributed by atoms with van der Waals surface area (Å²) in [5.74, 6) is 3.21. The lowest BCUT2D eigenvalue weighted by Crippen LogP contribution is -2.20. The zero-order valence-electron chi connectivity index (χ0n) is 23.1. The number of benzene rings is 4. The number of rotatable bonds is 4. The van der Waals surface area contributed by atoms with Gasteiger partial charge in [0.1, 0.15) is 35.2 Å². The summed E-state index contributed by atoms with van der Waals surface area (Å²) in [5.41, 5.74) is 5.51. The van der Waals surface area contributed by atoms with Crippen molar-refractivity contribution in [1.29, 1.82) is 0 Å². The van der Waals surface area contributed by atoms with Crippen molar-refractivity contribution in [3.05, 3.63) is 118 Å². The van der Waals surface area contributed by atoms with Gasteiger partial charge in [-0.25, -0.2) is 0 Å². The van der Waals surface area contributed by atoms with E-state index in [1.165, 1.54) is 0 Å². The summed E-state index contributed by atoms with van der Waals surface area (Å²) in [7, 11) is 3.27. The lowest BCUT2D eigenvalue weighted by atomic mass is 9.95. The molecule has 4 aromatic rings. The van der Waals surface area contributed by atoms with E-state index in [0.717, 1.165) is 33.8 Å². The number of ether oxygens (including phenoxy) is 4. The molecule has 6 rings (SSSR count). The van der Waals surface area contributed by atoms with Crippen LogP contribution in [0.25, 0.3) is 0 Å². The zero-order chi connectivity index (χ0) is 28.2. The maximum atomic E-state index is 12.2. The van der Waals surface area contributed by atoms with Crippen molar-refractivity contribution in [2.45, 2.75) is 38.9 Å². The largest absolute Gasteiger partial charge is 0.497 e. The number of hydrogen-bond acceptors (Lipinski definition) is 6. The zero-order valence-corrected chi connectivity index (χ0v) is 23.1. The number of carbonyl (C=O) groups excluding carboxylic acids is 2. The fraction of sp³-hybridized carbons (Fsp3) is 0.235. The van der Waals surface area contributed by atoms with Crippen LogP contribution in [0.3, 0.4) is 0 Å². The standard InChI is InChI=1S/2C17H16O3/c2*1-11-3-8-16-14(9-11)15(18)10-17(20-16)12-4-6-13(19-2)7-5-12/h2*3-9,17H,10H2,1-2H3/t2*17-/m00/s1. The summed E-state index contributed by atoms with van der Waals surface area (Å²) in [5, 5.41) is 0. The Balaban J connectivity index is 0.000000161. The summed E-state index contributed by atoms with van der Waals surface area (Å²) in [4.78, 5) is 24.5. The molecule has 2 aliphatic rings. The van der Waals surface area contributed by atoms with Crippen molar-refractivity contribution < 1.29 is 28.5 Å². The Kier molecular flexibility index (Phi) is 7.87. The van der Waals surface area contributed by atoms with Gasteiger partial charge in [-0.1, -0.05) is 47.5 Å². The van der Waals surface area contributed by atoms with Gasteiger partial charge in [0.2, 0.25) is 0 Å². The fourth-order valence-corrected chi connectivity index (χ4v) is 4.88. The normalized spacial score (nSPS) is 17.3. The maximum absolute atomic E-state index is 12.2. The van der Waals surface area contributed by atoms with Crippen molar-refractivity contribution in [3.63, 3.8) is 0 Å². The summed E-state index contributed by atoms with van der Waals surface area (Å²) in [6, 6.07) is 26.7. The van der Waals surface area contributed by atoms with Crippen LogP contribution in [0.1, 0.15) is 68.0 Å². The van der Waals surface area contributed by atoms with Gasteiger partial charge < -0.3 is 18.9 Å². The van der Waals surface area contributed by atoms with Gasteiger partial charge in [-0.05, 0) is 73.5 Å². The molecule has 6 nitrogen and oxygen atoms in total. The fourth-order valence-electron chi connectivity index (χ4n) is 4.88. The predicted molar refractivity (Wildman–Crippen MR) is 153 cm³/mol. The molecular formula is C34H32O6. The molecular weight excluding hydrogens is 504 g/mol. The van der Waals surface area contributed by atoms with Gasteiger partial charge in [-0.3, -0.25) is 9.59 Å². The number of methoxy groups -OCH3 is 2. The average molecular weight is 537 g/mol. The highest BCUT2D eigenvalue weighted by Crippen LogP contribution is 2.37. The molecule has 0 spiro atoms. The van der Waals surface area contributed by atoms with Gasteiger partial charge in [-0.15, -0.1) is 0 Å². The van der Waals surface area contributed by atoms with Crippen LogP contribution >= 0.6 is 0 Å². The molecule has 2 atom stereocenters. The van der Waals surface area contributed by atoms with E-state index in [1.807, 2.05) is 98.8 Å². The Labute approximate surface area is 234 Å². The molecule has 2 aliphatic heterocycles. The molecule has 6 heteroatoms. The lowest BCUT2D eigenvalue weighted by molar-refractivity contribution is 0.0840. The summed E-state index contributed by atoms with van der Waals surface area (Å²) >= 11 is 0. The number of hydrogen-bond donors (Lipinski definition) is 0. The maximum Gasteiger partial charge on any atom is 0.170 e. The SMILES string of the molecule is COc1ccc([C@@H]2CC(=O)c3cc(C)ccc3O2)cc1.COc1ccc([C@@H]2CC(=O)c3cc(C)ccc3O2)cc1. The Hall–Kier alpha value is -4.58. The number of aryl methyl sites for hydroxylation is 2. The first-order valence-corrected chi connectivity index (χ1v) is 13.2. The molecule has 40 heavy (non-hydrogen) atoms. The topological polar surface area (TPSA) is 71.1 Å². The van der Waals surface area contributed by atoms with Gasteiger partial charge in [0.05, 0.1) is 38.2 Å². The molecule has 204 valence electrons. The van der Waals surface area contributed by atoms with Crippen molar-refractivity contribution >= 4 is 11.6 Å². The Bertz CT molecular complexity index is 1400. The van der Waals surface area contributed by atoms with E-state index < -0.39 is 0 Å². The third kappa shape index (κ3) is 5.86. The highest BCUT2D eigenvalue weighted by Gasteiger charge is 2.28. The van der Waals surface area contributed by atoms with Gasteiger partial charge in [0.15, 0.2) is 11.6 Å². The molecule has 2 heterocycles. The van der Waals surface area contributed by atoms with Crippen molar-refractivity contribution in [3.8, 4) is 23.0 Å². The first-order chi connectivity index (χ1) is 19.3. The van der Waals surface area contributed by atoms with Crippen LogP contribution in [0.15, 0.2) is 84.9 Å². The molecule has 0 radical (unpaired) electrons. The van der Waals surface area contributed by atoms with E-state index in [9.17, 15) is 9.59 Å². The van der Waals surface area contributed by atoms with Crippen LogP contribution in [0.2, 0.25) is 0 Å². The third-order valence-corrected chi connectivity index (χ3v) is 7.13. The number of Topliss-reactive ketones (excluding diaryl/α,β-unsaturated/α-hetero) is 2. The number of ketones is 2. The summed E-state index contributed by atoms with van der Waals surface area (Å²) < 4.78 is 22.2. The second-order valence-electron chi connectivity index (χ2n) is 10.0. The minimum Gasteiger partial charge on any atom is -0.497 e. The van der Waals surface area contributed by atoms with Crippen LogP contribution in [0.5, 0.6) is 23.0 Å². The van der Waals surface area contributed by atoms with Gasteiger partial charge in [0.25, 0.3) is 0 Å². The predicted octanol–water partition coefficient (Wildman–Crippen LogP) is 7.42. The quantitative estimate of drug-likeness (QED) is 0.270. The Morgan fingerprint density at radius 1 is 0.575 bits per heavy atom. The summed E-state index contributed by atoms with van der Waals surface area (Å²) in [6.45, 7) is 3.95. The second kappa shape index (κ2) is 11.7. The minimum absolute atomic E-state index is 0.135. The molecule has 0 bridgehead atoms. The number of carbonyl (C=O) groups is 2. The van der Waals surface area contributed by atoms with E-state index in [-0.39, 0.29) is 23.8 Å². The summed E-state index contributed by atoms with van der Waals surface area (Å²) in [6.07, 6.45) is 0.318. The highest BCUT2D eigenvalue weighted by molar-refractivity contribution is 6.00. The van der Waals surface area contributed by atoms with Crippen molar-refractivity contribution in [1.82, 2.24) is 0 Å². The molecule has 0 amide bonds. The minimum atomic E-state index is -0.219. The van der Waals surface area contributed by atoms with E-state index in [0.29, 0.717) is 35.5 Å². The van der Waals surface area contributed by atoms with Crippen LogP contribution < -0.4 is 18.9 Å². The average Bonchev–Trinajstić information content (AvgIpc) is 2.98. The van der Waals surface area contributed by atoms with Crippen LogP contribution in [-0.4, -0.2) is 25.8 Å². The lowest BCUT2D eigenvalue weighted by Gasteiger charge is -2.25. The van der Waals surface area contributed by atoms with Crippen molar-refractivity contribution in [2.24, 2.45) is 0 Å². The molecule has 0 aromatic heterocycles. The second-order valence-corrected chi connectivity index (χ2v) is 10.0.